The standard InChI is InChI=1S/C6H13NO2.C6H13N/c1-6(2,3)9-5(8)7-4;7-5-1-2-6-3-4-6/h1-4H3,(H,7,8);6H,1-5,7H2. The summed E-state index contributed by atoms with van der Waals surface area (Å²) in [5, 5.41) is 2.36. The summed E-state index contributed by atoms with van der Waals surface area (Å²) in [5.41, 5.74) is 4.92. The number of nitrogens with one attached hydrogen (secondary N) is 1. The third kappa shape index (κ3) is 11.3. The first kappa shape index (κ1) is 15.2. The van der Waals surface area contributed by atoms with Gasteiger partial charge in [-0.1, -0.05) is 12.8 Å². The highest BCUT2D eigenvalue weighted by atomic mass is 16.6. The Hall–Kier alpha value is -0.770. The minimum atomic E-state index is -0.389. The van der Waals surface area contributed by atoms with E-state index in [-0.39, 0.29) is 11.7 Å². The average molecular weight is 230 g/mol. The van der Waals surface area contributed by atoms with Gasteiger partial charge in [-0.15, -0.1) is 0 Å². The van der Waals surface area contributed by atoms with Crippen molar-refractivity contribution in [3.63, 3.8) is 0 Å². The number of carbonyl (C=O) groups is 1. The Morgan fingerprint density at radius 3 is 2.25 bits per heavy atom. The summed E-state index contributed by atoms with van der Waals surface area (Å²) in [6, 6.07) is 0. The van der Waals surface area contributed by atoms with Crippen LogP contribution in [0, 0.1) is 5.92 Å². The molecular formula is C12H26N2O2. The second kappa shape index (κ2) is 7.49. The number of rotatable bonds is 3. The van der Waals surface area contributed by atoms with Gasteiger partial charge in [0.15, 0.2) is 0 Å². The summed E-state index contributed by atoms with van der Waals surface area (Å²) in [6.07, 6.45) is 5.18. The van der Waals surface area contributed by atoms with Crippen LogP contribution in [0.4, 0.5) is 4.79 Å². The molecule has 0 heterocycles. The van der Waals surface area contributed by atoms with E-state index in [9.17, 15) is 4.79 Å². The molecule has 0 spiro atoms. The molecule has 1 rings (SSSR count). The van der Waals surface area contributed by atoms with Gasteiger partial charge in [0.05, 0.1) is 0 Å². The lowest BCUT2D eigenvalue weighted by molar-refractivity contribution is 0.0541. The van der Waals surface area contributed by atoms with Crippen molar-refractivity contribution in [1.29, 1.82) is 0 Å². The summed E-state index contributed by atoms with van der Waals surface area (Å²) in [7, 11) is 1.54. The normalized spacial score (nSPS) is 14.8. The number of hydrogen-bond acceptors (Lipinski definition) is 3. The second-order valence-corrected chi connectivity index (χ2v) is 5.13. The lowest BCUT2D eigenvalue weighted by Crippen LogP contribution is -2.30. The highest BCUT2D eigenvalue weighted by Crippen LogP contribution is 2.32. The van der Waals surface area contributed by atoms with Crippen LogP contribution in [0.15, 0.2) is 0 Å². The molecule has 0 unspecified atom stereocenters. The van der Waals surface area contributed by atoms with E-state index < -0.39 is 0 Å². The van der Waals surface area contributed by atoms with Crippen molar-refractivity contribution in [3.05, 3.63) is 0 Å². The van der Waals surface area contributed by atoms with Gasteiger partial charge in [0.25, 0.3) is 0 Å². The third-order valence-corrected chi connectivity index (χ3v) is 2.12. The van der Waals surface area contributed by atoms with Crippen molar-refractivity contribution in [2.45, 2.75) is 52.1 Å². The maximum absolute atomic E-state index is 10.5. The number of amides is 1. The van der Waals surface area contributed by atoms with Gasteiger partial charge in [0.2, 0.25) is 0 Å². The first-order valence-corrected chi connectivity index (χ1v) is 6.00. The number of nitrogens with two attached hydrogens (primary N) is 1. The van der Waals surface area contributed by atoms with Crippen molar-refractivity contribution >= 4 is 6.09 Å². The highest BCUT2D eigenvalue weighted by molar-refractivity contribution is 5.67. The van der Waals surface area contributed by atoms with Gasteiger partial charge in [0.1, 0.15) is 5.60 Å². The molecule has 0 aromatic heterocycles. The van der Waals surface area contributed by atoms with Crippen LogP contribution < -0.4 is 11.1 Å². The monoisotopic (exact) mass is 230 g/mol. The molecule has 4 heteroatoms. The molecule has 1 amide bonds. The molecule has 0 radical (unpaired) electrons. The van der Waals surface area contributed by atoms with Crippen molar-refractivity contribution in [2.24, 2.45) is 11.7 Å². The molecule has 0 atom stereocenters. The van der Waals surface area contributed by atoms with Gasteiger partial charge >= 0.3 is 6.09 Å². The van der Waals surface area contributed by atoms with Crippen LogP contribution in [0.3, 0.4) is 0 Å². The first-order valence-electron chi connectivity index (χ1n) is 6.00. The quantitative estimate of drug-likeness (QED) is 0.781. The SMILES string of the molecule is CNC(=O)OC(C)(C)C.NCCCC1CC1. The van der Waals surface area contributed by atoms with E-state index in [1.54, 1.807) is 0 Å². The molecule has 1 fully saturated rings. The Kier molecular flexibility index (Phi) is 7.13. The van der Waals surface area contributed by atoms with Gasteiger partial charge in [-0.3, -0.25) is 0 Å². The fourth-order valence-corrected chi connectivity index (χ4v) is 1.14. The van der Waals surface area contributed by atoms with E-state index in [1.807, 2.05) is 20.8 Å². The molecule has 1 aliphatic carbocycles. The number of carbonyl (C=O) groups excluding carboxylic acids is 1. The maximum Gasteiger partial charge on any atom is 0.407 e. The predicted octanol–water partition coefficient (Wildman–Crippen LogP) is 2.28. The number of ether oxygens (including phenoxy) is 1. The molecule has 0 aromatic rings. The van der Waals surface area contributed by atoms with Gasteiger partial charge in [0, 0.05) is 7.05 Å². The van der Waals surface area contributed by atoms with Crippen LogP contribution >= 0.6 is 0 Å². The first-order chi connectivity index (χ1) is 7.39. The zero-order valence-corrected chi connectivity index (χ0v) is 11.0. The van der Waals surface area contributed by atoms with E-state index in [4.69, 9.17) is 10.5 Å². The van der Waals surface area contributed by atoms with Crippen molar-refractivity contribution in [3.8, 4) is 0 Å². The average Bonchev–Trinajstić information content (AvgIpc) is 2.96. The molecule has 1 saturated carbocycles. The van der Waals surface area contributed by atoms with Crippen molar-refractivity contribution in [1.82, 2.24) is 5.32 Å². The fourth-order valence-electron chi connectivity index (χ4n) is 1.14. The fraction of sp³-hybridized carbons (Fsp3) is 0.917. The maximum atomic E-state index is 10.5. The topological polar surface area (TPSA) is 64.3 Å². The van der Waals surface area contributed by atoms with Gasteiger partial charge in [-0.25, -0.2) is 4.79 Å². The molecule has 4 nitrogen and oxygen atoms in total. The van der Waals surface area contributed by atoms with Gasteiger partial charge in [-0.05, 0) is 46.1 Å². The summed E-state index contributed by atoms with van der Waals surface area (Å²) in [6.45, 7) is 6.35. The van der Waals surface area contributed by atoms with Crippen LogP contribution in [0.2, 0.25) is 0 Å². The van der Waals surface area contributed by atoms with Crippen molar-refractivity contribution in [2.75, 3.05) is 13.6 Å². The Labute approximate surface area is 98.9 Å². The summed E-state index contributed by atoms with van der Waals surface area (Å²) in [5.74, 6) is 1.07. The molecule has 96 valence electrons. The lowest BCUT2D eigenvalue weighted by Gasteiger charge is -2.18. The molecule has 16 heavy (non-hydrogen) atoms. The van der Waals surface area contributed by atoms with Crippen LogP contribution in [0.1, 0.15) is 46.5 Å². The molecular weight excluding hydrogens is 204 g/mol. The minimum Gasteiger partial charge on any atom is -0.444 e. The highest BCUT2D eigenvalue weighted by Gasteiger charge is 2.19. The van der Waals surface area contributed by atoms with Gasteiger partial charge in [-0.2, -0.15) is 0 Å². The summed E-state index contributed by atoms with van der Waals surface area (Å²) < 4.78 is 4.84. The van der Waals surface area contributed by atoms with Crippen LogP contribution in [0.5, 0.6) is 0 Å². The molecule has 1 aliphatic rings. The zero-order valence-electron chi connectivity index (χ0n) is 11.0. The predicted molar refractivity (Wildman–Crippen MR) is 66.3 cm³/mol. The van der Waals surface area contributed by atoms with Crippen LogP contribution in [-0.2, 0) is 4.74 Å². The Bertz CT molecular complexity index is 196. The van der Waals surface area contributed by atoms with E-state index in [0.29, 0.717) is 0 Å². The van der Waals surface area contributed by atoms with Crippen LogP contribution in [0.25, 0.3) is 0 Å². The molecule has 3 N–H and O–H groups in total. The van der Waals surface area contributed by atoms with E-state index >= 15 is 0 Å². The molecule has 0 aromatic carbocycles. The summed E-state index contributed by atoms with van der Waals surface area (Å²) in [4.78, 5) is 10.5. The Morgan fingerprint density at radius 2 is 2.00 bits per heavy atom. The Morgan fingerprint density at radius 1 is 1.44 bits per heavy atom. The zero-order chi connectivity index (χ0) is 12.6. The van der Waals surface area contributed by atoms with E-state index in [0.717, 1.165) is 12.5 Å². The lowest BCUT2D eigenvalue weighted by atomic mass is 10.2. The smallest absolute Gasteiger partial charge is 0.407 e. The second-order valence-electron chi connectivity index (χ2n) is 5.13. The molecule has 0 saturated heterocycles. The summed E-state index contributed by atoms with van der Waals surface area (Å²) >= 11 is 0. The number of hydrogen-bond donors (Lipinski definition) is 2. The third-order valence-electron chi connectivity index (χ3n) is 2.12. The molecule has 0 bridgehead atoms. The minimum absolute atomic E-state index is 0.387. The van der Waals surface area contributed by atoms with Gasteiger partial charge < -0.3 is 15.8 Å². The largest absolute Gasteiger partial charge is 0.444 e. The van der Waals surface area contributed by atoms with E-state index in [1.165, 1.54) is 32.7 Å². The molecule has 0 aliphatic heterocycles. The van der Waals surface area contributed by atoms with Crippen LogP contribution in [-0.4, -0.2) is 25.3 Å². The van der Waals surface area contributed by atoms with Crippen molar-refractivity contribution < 1.29 is 9.53 Å². The number of alkyl carbamates (subject to hydrolysis) is 1. The van der Waals surface area contributed by atoms with E-state index in [2.05, 4.69) is 5.32 Å². The Balaban J connectivity index is 0.000000288.